The number of benzene rings is 3. The molecule has 2 aromatic carbocycles. The molecule has 32 heavy (non-hydrogen) atoms. The molecule has 1 heterocycles. The van der Waals surface area contributed by atoms with Crippen LogP contribution in [0, 0.1) is 11.8 Å². The van der Waals surface area contributed by atoms with E-state index in [1.54, 1.807) is 24.3 Å². The average molecular weight is 469 g/mol. The molecule has 0 aromatic heterocycles. The van der Waals surface area contributed by atoms with Gasteiger partial charge in [-0.05, 0) is 29.5 Å². The summed E-state index contributed by atoms with van der Waals surface area (Å²) in [5, 5.41) is 11.0. The Morgan fingerprint density at radius 1 is 1.00 bits per heavy atom. The number of hydrogen-bond donors (Lipinski definition) is 1. The van der Waals surface area contributed by atoms with Gasteiger partial charge in [-0.15, -0.1) is 0 Å². The summed E-state index contributed by atoms with van der Waals surface area (Å²) in [6.45, 7) is 6.30. The number of halogens is 2. The lowest BCUT2D eigenvalue weighted by atomic mass is 9.89. The molecule has 6 heteroatoms. The van der Waals surface area contributed by atoms with E-state index in [9.17, 15) is 14.7 Å². The number of hydrogen-bond acceptors (Lipinski definition) is 4. The molecule has 0 amide bonds. The summed E-state index contributed by atoms with van der Waals surface area (Å²) < 4.78 is 5.88. The Labute approximate surface area is 195 Å². The molecule has 0 saturated heterocycles. The highest BCUT2D eigenvalue weighted by Crippen LogP contribution is 2.43. The van der Waals surface area contributed by atoms with Gasteiger partial charge in [-0.1, -0.05) is 68.2 Å². The molecular weight excluding hydrogens is 447 g/mol. The second-order valence-electron chi connectivity index (χ2n) is 8.48. The lowest BCUT2D eigenvalue weighted by molar-refractivity contribution is 0.0953. The summed E-state index contributed by atoms with van der Waals surface area (Å²) in [6, 6.07) is 13.3. The zero-order valence-corrected chi connectivity index (χ0v) is 19.4. The van der Waals surface area contributed by atoms with E-state index in [2.05, 4.69) is 20.8 Å². The second kappa shape index (κ2) is 8.61. The molecule has 4 rings (SSSR count). The summed E-state index contributed by atoms with van der Waals surface area (Å²) in [6.07, 6.45) is 0.490. The van der Waals surface area contributed by atoms with Crippen LogP contribution >= 0.6 is 23.2 Å². The third kappa shape index (κ3) is 4.13. The molecule has 1 aliphatic carbocycles. The summed E-state index contributed by atoms with van der Waals surface area (Å²) in [7, 11) is 0. The van der Waals surface area contributed by atoms with Crippen LogP contribution in [0.5, 0.6) is 5.75 Å². The van der Waals surface area contributed by atoms with Crippen molar-refractivity contribution in [1.82, 2.24) is 0 Å². The number of phenolic OH excluding ortho intramolecular Hbond substituents is 1. The van der Waals surface area contributed by atoms with E-state index in [0.717, 1.165) is 11.1 Å². The normalized spacial score (nSPS) is 12.6. The van der Waals surface area contributed by atoms with E-state index in [1.807, 2.05) is 12.1 Å². The largest absolute Gasteiger partial charge is 0.506 e. The fourth-order valence-corrected chi connectivity index (χ4v) is 4.01. The molecule has 1 N–H and O–H groups in total. The van der Waals surface area contributed by atoms with Crippen LogP contribution in [0.1, 0.15) is 37.6 Å². The van der Waals surface area contributed by atoms with Gasteiger partial charge in [0.05, 0.1) is 10.0 Å². The van der Waals surface area contributed by atoms with Crippen molar-refractivity contribution in [2.24, 2.45) is 11.8 Å². The first-order valence-corrected chi connectivity index (χ1v) is 11.1. The van der Waals surface area contributed by atoms with Crippen molar-refractivity contribution in [2.75, 3.05) is 0 Å². The zero-order valence-electron chi connectivity index (χ0n) is 17.9. The van der Waals surface area contributed by atoms with E-state index >= 15 is 0 Å². The highest BCUT2D eigenvalue weighted by Gasteiger charge is 2.21. The number of rotatable bonds is 5. The van der Waals surface area contributed by atoms with Gasteiger partial charge in [-0.3, -0.25) is 9.59 Å². The van der Waals surface area contributed by atoms with Crippen LogP contribution in [0.4, 0.5) is 0 Å². The third-order valence-corrected chi connectivity index (χ3v) is 6.58. The molecule has 2 aliphatic rings. The first kappa shape index (κ1) is 22.4. The number of carbonyl (C=O) groups is 1. The summed E-state index contributed by atoms with van der Waals surface area (Å²) in [5.74, 6) is 1.05. The number of aromatic hydroxyl groups is 1. The van der Waals surface area contributed by atoms with E-state index in [0.29, 0.717) is 46.1 Å². The van der Waals surface area contributed by atoms with E-state index in [4.69, 9.17) is 27.6 Å². The maximum absolute atomic E-state index is 12.7. The summed E-state index contributed by atoms with van der Waals surface area (Å²) in [4.78, 5) is 24.8. The summed E-state index contributed by atoms with van der Waals surface area (Å²) in [5.41, 5.74) is 2.86. The molecule has 164 valence electrons. The predicted molar refractivity (Wildman–Crippen MR) is 129 cm³/mol. The van der Waals surface area contributed by atoms with Gasteiger partial charge in [-0.2, -0.15) is 0 Å². The van der Waals surface area contributed by atoms with Crippen molar-refractivity contribution in [3.8, 4) is 28.2 Å². The molecule has 1 unspecified atom stereocenters. The standard InChI is InChI=1S/C26H22Cl2O4/c1-13(2)14(3)8-21(29)15-4-6-16(7-5-15)26-17-9-19(27)22(30)11-24(17)32-25-12-23(31)20(28)10-18(25)26/h4-7,9-14,30H,8H2,1-3H3. The minimum atomic E-state index is -0.355. The second-order valence-corrected chi connectivity index (χ2v) is 9.30. The topological polar surface area (TPSA) is 67.5 Å². The van der Waals surface area contributed by atoms with Gasteiger partial charge in [0, 0.05) is 40.6 Å². The van der Waals surface area contributed by atoms with E-state index in [-0.39, 0.29) is 27.0 Å². The smallest absolute Gasteiger partial charge is 0.200 e. The van der Waals surface area contributed by atoms with Crippen molar-refractivity contribution >= 4 is 40.0 Å². The van der Waals surface area contributed by atoms with Crippen LogP contribution in [0.25, 0.3) is 33.4 Å². The van der Waals surface area contributed by atoms with Gasteiger partial charge in [0.1, 0.15) is 17.1 Å². The molecule has 1 aliphatic heterocycles. The number of Topliss-reactive ketones (excluding diaryl/α,β-unsaturated/α-hetero) is 1. The van der Waals surface area contributed by atoms with Crippen LogP contribution in [-0.2, 0) is 0 Å². The maximum Gasteiger partial charge on any atom is 0.200 e. The number of ketones is 1. The average Bonchev–Trinajstić information content (AvgIpc) is 2.74. The lowest BCUT2D eigenvalue weighted by Crippen LogP contribution is -2.11. The van der Waals surface area contributed by atoms with Crippen LogP contribution in [0.2, 0.25) is 10.0 Å². The summed E-state index contributed by atoms with van der Waals surface area (Å²) >= 11 is 12.3. The first-order valence-electron chi connectivity index (χ1n) is 10.4. The Kier molecular flexibility index (Phi) is 6.02. The monoisotopic (exact) mass is 468 g/mol. The Balaban J connectivity index is 1.89. The van der Waals surface area contributed by atoms with Crippen molar-refractivity contribution in [3.63, 3.8) is 0 Å². The van der Waals surface area contributed by atoms with Crippen LogP contribution < -0.4 is 5.43 Å². The molecule has 0 bridgehead atoms. The SMILES string of the molecule is CC(C)C(C)CC(=O)c1ccc(-c2c3cc(Cl)c(=O)cc-3oc3cc(O)c(Cl)cc23)cc1. The third-order valence-electron chi connectivity index (χ3n) is 5.98. The minimum absolute atomic E-state index is 0.0765. The molecule has 0 saturated carbocycles. The van der Waals surface area contributed by atoms with Gasteiger partial charge < -0.3 is 9.52 Å². The number of phenols is 1. The Bertz CT molecular complexity index is 1350. The fourth-order valence-electron chi connectivity index (χ4n) is 3.68. The predicted octanol–water partition coefficient (Wildman–Crippen LogP) is 7.44. The molecule has 0 spiro atoms. The Hall–Kier alpha value is -2.82. The van der Waals surface area contributed by atoms with Gasteiger partial charge in [0.25, 0.3) is 0 Å². The van der Waals surface area contributed by atoms with Crippen LogP contribution in [-0.4, -0.2) is 10.9 Å². The molecule has 2 aromatic rings. The molecule has 4 nitrogen and oxygen atoms in total. The number of fused-ring (bicyclic) bond motifs is 2. The van der Waals surface area contributed by atoms with Crippen molar-refractivity contribution in [1.29, 1.82) is 0 Å². The first-order chi connectivity index (χ1) is 15.2. The van der Waals surface area contributed by atoms with Gasteiger partial charge >= 0.3 is 0 Å². The van der Waals surface area contributed by atoms with Gasteiger partial charge in [-0.25, -0.2) is 0 Å². The van der Waals surface area contributed by atoms with Gasteiger partial charge in [0.2, 0.25) is 5.43 Å². The van der Waals surface area contributed by atoms with Gasteiger partial charge in [0.15, 0.2) is 5.78 Å². The van der Waals surface area contributed by atoms with E-state index < -0.39 is 0 Å². The van der Waals surface area contributed by atoms with Crippen molar-refractivity contribution in [3.05, 3.63) is 74.4 Å². The van der Waals surface area contributed by atoms with E-state index in [1.165, 1.54) is 12.1 Å². The molecular formula is C26H22Cl2O4. The zero-order chi connectivity index (χ0) is 23.2. The Morgan fingerprint density at radius 3 is 2.34 bits per heavy atom. The maximum atomic E-state index is 12.7. The fraction of sp³-hybridized carbons (Fsp3) is 0.231. The quantitative estimate of drug-likeness (QED) is 0.244. The van der Waals surface area contributed by atoms with Crippen LogP contribution in [0.15, 0.2) is 57.7 Å². The minimum Gasteiger partial charge on any atom is -0.506 e. The lowest BCUT2D eigenvalue weighted by Gasteiger charge is -2.17. The van der Waals surface area contributed by atoms with Crippen molar-refractivity contribution < 1.29 is 14.3 Å². The van der Waals surface area contributed by atoms with Crippen molar-refractivity contribution in [2.45, 2.75) is 27.2 Å². The number of carbonyl (C=O) groups excluding carboxylic acids is 1. The highest BCUT2D eigenvalue weighted by atomic mass is 35.5. The molecule has 1 atom stereocenters. The Morgan fingerprint density at radius 2 is 1.69 bits per heavy atom. The van der Waals surface area contributed by atoms with Crippen LogP contribution in [0.3, 0.4) is 0 Å². The molecule has 0 fully saturated rings. The molecule has 0 radical (unpaired) electrons. The highest BCUT2D eigenvalue weighted by molar-refractivity contribution is 6.33.